The van der Waals surface area contributed by atoms with Crippen LogP contribution >= 0.6 is 0 Å². The van der Waals surface area contributed by atoms with Gasteiger partial charge in [0, 0.05) is 26.2 Å². The number of hydrogen-bond acceptors (Lipinski definition) is 27. The van der Waals surface area contributed by atoms with Crippen molar-refractivity contribution in [3.05, 3.63) is 48.5 Å². The molecule has 0 saturated carbocycles. The van der Waals surface area contributed by atoms with E-state index in [-0.39, 0.29) is 0 Å². The zero-order valence-corrected chi connectivity index (χ0v) is 53.2. The first-order chi connectivity index (χ1) is 44.4. The Bertz CT molecular complexity index is 1320. The summed E-state index contributed by atoms with van der Waals surface area (Å²) in [4.78, 5) is 0. The van der Waals surface area contributed by atoms with Gasteiger partial charge in [-0.05, 0) is 24.3 Å². The van der Waals surface area contributed by atoms with Gasteiger partial charge in [0.2, 0.25) is 0 Å². The van der Waals surface area contributed by atoms with E-state index in [1.54, 1.807) is 0 Å². The molecule has 2 aromatic carbocycles. The van der Waals surface area contributed by atoms with Crippen molar-refractivity contribution in [3.8, 4) is 23.0 Å². The second kappa shape index (κ2) is 67.6. The topological polar surface area (TPSA) is 255 Å². The van der Waals surface area contributed by atoms with Crippen LogP contribution in [0.1, 0.15) is 0 Å². The highest BCUT2D eigenvalue weighted by Gasteiger charge is 2.08. The number of rotatable bonds is 0. The molecule has 5 aliphatic heterocycles. The molecule has 89 heavy (non-hydrogen) atoms. The van der Waals surface area contributed by atoms with E-state index < -0.39 is 0 Å². The van der Waals surface area contributed by atoms with Crippen LogP contribution in [0.15, 0.2) is 48.5 Å². The van der Waals surface area contributed by atoms with Crippen molar-refractivity contribution in [2.75, 3.05) is 330 Å². The molecule has 0 spiro atoms. The molecule has 0 amide bonds. The van der Waals surface area contributed by atoms with Crippen LogP contribution in [0.5, 0.6) is 23.0 Å². The van der Waals surface area contributed by atoms with Crippen LogP contribution in [0.3, 0.4) is 0 Å². The maximum Gasteiger partial charge on any atom is 0.161 e. The second-order valence-corrected chi connectivity index (χ2v) is 18.6. The molecule has 2 aromatic rings. The van der Waals surface area contributed by atoms with Crippen molar-refractivity contribution in [1.29, 1.82) is 0 Å². The number of ether oxygens (including phenoxy) is 25. The molecule has 0 radical (unpaired) electrons. The predicted octanol–water partition coefficient (Wildman–Crippen LogP) is 2.44. The van der Waals surface area contributed by atoms with Gasteiger partial charge in [0.15, 0.2) is 23.0 Å². The number of hydrogen-bond donors (Lipinski definition) is 2. The summed E-state index contributed by atoms with van der Waals surface area (Å²) in [6.45, 7) is 30.8. The van der Waals surface area contributed by atoms with Gasteiger partial charge in [-0.25, -0.2) is 0 Å². The number of para-hydroxylation sites is 4. The minimum atomic E-state index is 0.441. The van der Waals surface area contributed by atoms with E-state index in [2.05, 4.69) is 10.6 Å². The van der Waals surface area contributed by atoms with Crippen LogP contribution in [0, 0.1) is 0 Å². The summed E-state index contributed by atoms with van der Waals surface area (Å²) in [5.74, 6) is 2.80. The maximum absolute atomic E-state index is 5.74. The number of benzene rings is 2. The minimum absolute atomic E-state index is 0.441. The van der Waals surface area contributed by atoms with Crippen molar-refractivity contribution >= 4 is 0 Å². The van der Waals surface area contributed by atoms with E-state index in [4.69, 9.17) is 118 Å². The third-order valence-electron chi connectivity index (χ3n) is 11.7. The normalized spacial score (nSPS) is 21.9. The second-order valence-electron chi connectivity index (χ2n) is 18.6. The van der Waals surface area contributed by atoms with Crippen LogP contribution in [0.2, 0.25) is 0 Å². The molecule has 27 nitrogen and oxygen atoms in total. The first-order valence-electron chi connectivity index (χ1n) is 31.7. The summed E-state index contributed by atoms with van der Waals surface area (Å²) in [6, 6.07) is 15.2. The van der Waals surface area contributed by atoms with E-state index in [0.29, 0.717) is 327 Å². The Morgan fingerprint density at radius 1 is 0.146 bits per heavy atom. The van der Waals surface area contributed by atoms with E-state index in [1.807, 2.05) is 48.5 Å². The van der Waals surface area contributed by atoms with Gasteiger partial charge in [-0.3, -0.25) is 0 Å². The molecule has 5 aliphatic rings. The summed E-state index contributed by atoms with van der Waals surface area (Å²) >= 11 is 0. The van der Waals surface area contributed by atoms with Crippen molar-refractivity contribution in [2.45, 2.75) is 0 Å². The summed E-state index contributed by atoms with van der Waals surface area (Å²) in [6.07, 6.45) is 0. The Morgan fingerprint density at radius 3 is 0.393 bits per heavy atom. The van der Waals surface area contributed by atoms with Gasteiger partial charge >= 0.3 is 0 Å². The molecule has 5 heterocycles. The van der Waals surface area contributed by atoms with Gasteiger partial charge in [-0.2, -0.15) is 0 Å². The fraction of sp³-hybridized carbons (Fsp3) is 0.806. The number of nitrogens with one attached hydrogen (secondary N) is 2. The third-order valence-corrected chi connectivity index (χ3v) is 11.7. The van der Waals surface area contributed by atoms with Gasteiger partial charge in [0.1, 0.15) is 26.4 Å². The van der Waals surface area contributed by atoms with Crippen molar-refractivity contribution in [3.63, 3.8) is 0 Å². The fourth-order valence-corrected chi connectivity index (χ4v) is 7.19. The minimum Gasteiger partial charge on any atom is -0.487 e. The molecule has 0 atom stereocenters. The SMILES string of the molecule is C1COCCOCCNCCOCCOCCN1.C1COCCOCCOCCO1.C1COCCOCCOCCOCCO1.C1COCCOCCOCCOCCOCCO1.c1ccc2c(c1)OCCOCCOc1ccccc1OCCOCCO2. The van der Waals surface area contributed by atoms with E-state index in [9.17, 15) is 0 Å². The highest BCUT2D eigenvalue weighted by atomic mass is 16.6. The van der Waals surface area contributed by atoms with E-state index in [0.717, 1.165) is 26.2 Å². The largest absolute Gasteiger partial charge is 0.487 e. The average Bonchev–Trinajstić information content (AvgIpc) is 3.75. The van der Waals surface area contributed by atoms with E-state index in [1.165, 1.54) is 0 Å². The molecule has 4 saturated heterocycles. The molecule has 0 aromatic heterocycles. The van der Waals surface area contributed by atoms with Gasteiger partial charge < -0.3 is 129 Å². The van der Waals surface area contributed by atoms with Crippen LogP contribution in [-0.4, -0.2) is 330 Å². The summed E-state index contributed by atoms with van der Waals surface area (Å²) in [7, 11) is 0. The molecule has 518 valence electrons. The van der Waals surface area contributed by atoms with Crippen LogP contribution in [-0.2, 0) is 99.5 Å². The van der Waals surface area contributed by atoms with Gasteiger partial charge in [-0.1, -0.05) is 24.3 Å². The smallest absolute Gasteiger partial charge is 0.161 e. The molecule has 0 unspecified atom stereocenters. The lowest BCUT2D eigenvalue weighted by Gasteiger charge is -2.15. The average molecular weight is 1280 g/mol. The zero-order chi connectivity index (χ0) is 62.4. The lowest BCUT2D eigenvalue weighted by atomic mass is 10.3. The van der Waals surface area contributed by atoms with Gasteiger partial charge in [0.25, 0.3) is 0 Å². The van der Waals surface area contributed by atoms with Crippen molar-refractivity contribution in [2.24, 2.45) is 0 Å². The van der Waals surface area contributed by atoms with Gasteiger partial charge in [-0.15, -0.1) is 0 Å². The summed E-state index contributed by atoms with van der Waals surface area (Å²) < 4.78 is 135. The first kappa shape index (κ1) is 80.0. The molecule has 7 rings (SSSR count). The quantitative estimate of drug-likeness (QED) is 0.384. The first-order valence-corrected chi connectivity index (χ1v) is 31.7. The molecule has 2 N–H and O–H groups in total. The molecular formula is C62H110N2O25. The highest BCUT2D eigenvalue weighted by molar-refractivity contribution is 5.40. The third kappa shape index (κ3) is 56.0. The summed E-state index contributed by atoms with van der Waals surface area (Å²) in [5.41, 5.74) is 0. The molecule has 0 aliphatic carbocycles. The molecule has 4 fully saturated rings. The predicted molar refractivity (Wildman–Crippen MR) is 328 cm³/mol. The van der Waals surface area contributed by atoms with Crippen molar-refractivity contribution < 1.29 is 118 Å². The van der Waals surface area contributed by atoms with Crippen LogP contribution in [0.25, 0.3) is 0 Å². The summed E-state index contributed by atoms with van der Waals surface area (Å²) in [5, 5.41) is 6.50. The van der Waals surface area contributed by atoms with Crippen molar-refractivity contribution in [1.82, 2.24) is 10.6 Å². The monoisotopic (exact) mass is 1280 g/mol. The highest BCUT2D eigenvalue weighted by Crippen LogP contribution is 2.27. The maximum atomic E-state index is 5.74. The Balaban J connectivity index is 0.000000298. The van der Waals surface area contributed by atoms with Crippen LogP contribution in [0.4, 0.5) is 0 Å². The molecular weight excluding hydrogens is 1170 g/mol. The Hall–Kier alpha value is -3.28. The standard InChI is InChI=1S/C20H24O6.C12H26N2O4.C12H24O6.C10H20O5.C8H16O4/c1-2-6-18-17(5-1)23-13-9-21-11-15-25-19-7-3-4-8-20(19)26-16-12-22-10-14-24-18;1-5-15-9-10-17-7-3-14-4-8-18-12-11-16-6-2-13-1;1-2-14-5-6-16-9-10-18-12-11-17-8-7-15-4-3-13-1;1-2-12-5-6-14-9-10-15-8-7-13-4-3-11-1;1-2-10-5-6-12-8-7-11-4-3-9-1/h1-8H,9-16H2;13-14H,1-12H2;1-12H2;1-10H2;1-8H2. The fourth-order valence-electron chi connectivity index (χ4n) is 7.19. The molecule has 27 heteroatoms. The molecule has 0 bridgehead atoms. The zero-order valence-electron chi connectivity index (χ0n) is 53.2. The Morgan fingerprint density at radius 2 is 0.258 bits per heavy atom. The Kier molecular flexibility index (Phi) is 60.7. The Labute approximate surface area is 529 Å². The lowest BCUT2D eigenvalue weighted by Crippen LogP contribution is -2.27. The van der Waals surface area contributed by atoms with Crippen LogP contribution < -0.4 is 29.6 Å². The van der Waals surface area contributed by atoms with Gasteiger partial charge in [0.05, 0.1) is 277 Å². The lowest BCUT2D eigenvalue weighted by molar-refractivity contribution is -0.0334. The van der Waals surface area contributed by atoms with E-state index >= 15 is 0 Å². The number of fused-ring (bicyclic) bond motifs is 2.